The number of hydrogen-bond donors (Lipinski definition) is 1. The highest BCUT2D eigenvalue weighted by Gasteiger charge is 2.04. The van der Waals surface area contributed by atoms with Gasteiger partial charge in [-0.25, -0.2) is 0 Å². The topological polar surface area (TPSA) is 39.7 Å². The molecular formula is C19H35NO. The lowest BCUT2D eigenvalue weighted by Gasteiger charge is -2.13. The summed E-state index contributed by atoms with van der Waals surface area (Å²) in [6.45, 7) is 11.7. The average molecular weight is 293 g/mol. The van der Waals surface area contributed by atoms with Crippen LogP contribution in [0.15, 0.2) is 34.9 Å². The van der Waals surface area contributed by atoms with E-state index in [1.54, 1.807) is 5.57 Å². The molecule has 0 aromatic carbocycles. The normalized spacial score (nSPS) is 14.1. The molecule has 0 saturated carbocycles. The Kier molecular flexibility index (Phi) is 12.3. The monoisotopic (exact) mass is 293 g/mol. The van der Waals surface area contributed by atoms with Crippen LogP contribution in [-0.2, 0) is 0 Å². The van der Waals surface area contributed by atoms with Gasteiger partial charge in [-0.05, 0) is 71.3 Å². The van der Waals surface area contributed by atoms with Crippen LogP contribution >= 0.6 is 0 Å². The highest BCUT2D eigenvalue weighted by Crippen LogP contribution is 2.19. The lowest BCUT2D eigenvalue weighted by atomic mass is 9.93. The Hall–Kier alpha value is -0.860. The standard InChI is InChI=1S/C19H35NO/c1-6-19(7-2)18(5)13-9-12-16(3)10-8-11-17(4)14-15-20-21/h10,13-14,19H,6-9,11-12,15,20H2,1-5H3. The number of allylic oxidation sites excluding steroid dienone is 5. The maximum atomic E-state index is 10.3. The fourth-order valence-electron chi connectivity index (χ4n) is 2.63. The molecule has 0 rings (SSSR count). The van der Waals surface area contributed by atoms with Gasteiger partial charge in [-0.2, -0.15) is 0 Å². The van der Waals surface area contributed by atoms with Crippen LogP contribution in [0.1, 0.15) is 73.1 Å². The maximum absolute atomic E-state index is 10.3. The summed E-state index contributed by atoms with van der Waals surface area (Å²) in [5, 5.41) is 10.3. The molecule has 0 aliphatic rings. The number of quaternary nitrogens is 1. The Morgan fingerprint density at radius 2 is 1.43 bits per heavy atom. The van der Waals surface area contributed by atoms with Gasteiger partial charge in [-0.3, -0.25) is 0 Å². The molecule has 0 bridgehead atoms. The summed E-state index contributed by atoms with van der Waals surface area (Å²) in [7, 11) is 0. The Morgan fingerprint density at radius 1 is 0.905 bits per heavy atom. The second-order valence-electron chi connectivity index (χ2n) is 6.04. The van der Waals surface area contributed by atoms with Crippen LogP contribution in [0.5, 0.6) is 0 Å². The van der Waals surface area contributed by atoms with Gasteiger partial charge < -0.3 is 10.7 Å². The van der Waals surface area contributed by atoms with E-state index >= 15 is 0 Å². The minimum atomic E-state index is 0.550. The Bertz CT molecular complexity index is 349. The fourth-order valence-corrected chi connectivity index (χ4v) is 2.63. The van der Waals surface area contributed by atoms with Crippen molar-refractivity contribution in [3.63, 3.8) is 0 Å². The summed E-state index contributed by atoms with van der Waals surface area (Å²) in [4.78, 5) is 0. The van der Waals surface area contributed by atoms with Gasteiger partial charge >= 0.3 is 0 Å². The zero-order valence-electron chi connectivity index (χ0n) is 14.7. The molecular weight excluding hydrogens is 258 g/mol. The van der Waals surface area contributed by atoms with Crippen LogP contribution in [0.25, 0.3) is 0 Å². The van der Waals surface area contributed by atoms with Crippen LogP contribution in [-0.4, -0.2) is 6.54 Å². The highest BCUT2D eigenvalue weighted by atomic mass is 16.5. The van der Waals surface area contributed by atoms with Crippen molar-refractivity contribution in [3.05, 3.63) is 40.2 Å². The first-order valence-electron chi connectivity index (χ1n) is 8.46. The number of nitrogens with two attached hydrogens (primary N) is 1. The van der Waals surface area contributed by atoms with E-state index < -0.39 is 0 Å². The van der Waals surface area contributed by atoms with Crippen LogP contribution in [0.4, 0.5) is 0 Å². The van der Waals surface area contributed by atoms with Crippen molar-refractivity contribution >= 4 is 0 Å². The molecule has 0 aromatic heterocycles. The van der Waals surface area contributed by atoms with Crippen LogP contribution in [0.2, 0.25) is 0 Å². The second-order valence-corrected chi connectivity index (χ2v) is 6.04. The molecule has 0 aliphatic carbocycles. The molecule has 0 aliphatic heterocycles. The van der Waals surface area contributed by atoms with E-state index in [1.165, 1.54) is 24.0 Å². The Morgan fingerprint density at radius 3 is 1.95 bits per heavy atom. The first-order chi connectivity index (χ1) is 10.0. The molecule has 0 saturated heterocycles. The van der Waals surface area contributed by atoms with Crippen LogP contribution < -0.4 is 5.48 Å². The highest BCUT2D eigenvalue weighted by molar-refractivity contribution is 5.07. The summed E-state index contributed by atoms with van der Waals surface area (Å²) >= 11 is 0. The number of hydroxylamine groups is 1. The van der Waals surface area contributed by atoms with E-state index in [0.717, 1.165) is 37.1 Å². The van der Waals surface area contributed by atoms with E-state index in [9.17, 15) is 5.21 Å². The van der Waals surface area contributed by atoms with E-state index in [-0.39, 0.29) is 0 Å². The van der Waals surface area contributed by atoms with Gasteiger partial charge in [0.15, 0.2) is 0 Å². The maximum Gasteiger partial charge on any atom is 0.0942 e. The molecule has 2 heteroatoms. The van der Waals surface area contributed by atoms with Crippen molar-refractivity contribution in [2.24, 2.45) is 5.92 Å². The third kappa shape index (κ3) is 10.5. The van der Waals surface area contributed by atoms with Gasteiger partial charge in [0.25, 0.3) is 0 Å². The molecule has 0 radical (unpaired) electrons. The van der Waals surface area contributed by atoms with Gasteiger partial charge in [0, 0.05) is 0 Å². The average Bonchev–Trinajstić information content (AvgIpc) is 2.46. The Labute approximate surface area is 132 Å². The summed E-state index contributed by atoms with van der Waals surface area (Å²) in [5.41, 5.74) is 5.31. The first-order valence-corrected chi connectivity index (χ1v) is 8.46. The van der Waals surface area contributed by atoms with Crippen molar-refractivity contribution in [1.29, 1.82) is 0 Å². The summed E-state index contributed by atoms with van der Waals surface area (Å²) < 4.78 is 0. The predicted octanol–water partition coefficient (Wildman–Crippen LogP) is 4.88. The SMILES string of the molecule is CCC(CC)C(C)=CCCC(C)=CCCC(C)=CC[NH2+][O-]. The lowest BCUT2D eigenvalue weighted by molar-refractivity contribution is -0.578. The fraction of sp³-hybridized carbons (Fsp3) is 0.684. The van der Waals surface area contributed by atoms with Crippen molar-refractivity contribution in [2.45, 2.75) is 73.1 Å². The van der Waals surface area contributed by atoms with Gasteiger partial charge in [0.05, 0.1) is 6.54 Å². The molecule has 0 aromatic rings. The number of hydrogen-bond acceptors (Lipinski definition) is 1. The molecule has 0 heterocycles. The summed E-state index contributed by atoms with van der Waals surface area (Å²) in [5.74, 6) is 0.764. The zero-order chi connectivity index (χ0) is 16.1. The van der Waals surface area contributed by atoms with Crippen LogP contribution in [0, 0.1) is 11.1 Å². The van der Waals surface area contributed by atoms with E-state index in [4.69, 9.17) is 0 Å². The predicted molar refractivity (Wildman–Crippen MR) is 94.0 cm³/mol. The van der Waals surface area contributed by atoms with Crippen LogP contribution in [0.3, 0.4) is 0 Å². The largest absolute Gasteiger partial charge is 0.636 e. The smallest absolute Gasteiger partial charge is 0.0942 e. The molecule has 0 fully saturated rings. The summed E-state index contributed by atoms with van der Waals surface area (Å²) in [6, 6.07) is 0. The van der Waals surface area contributed by atoms with E-state index in [1.807, 2.05) is 6.08 Å². The molecule has 122 valence electrons. The van der Waals surface area contributed by atoms with Gasteiger partial charge in [-0.15, -0.1) is 0 Å². The Balaban J connectivity index is 4.06. The van der Waals surface area contributed by atoms with Gasteiger partial charge in [-0.1, -0.05) is 42.7 Å². The van der Waals surface area contributed by atoms with E-state index in [2.05, 4.69) is 46.8 Å². The molecule has 2 nitrogen and oxygen atoms in total. The zero-order valence-corrected chi connectivity index (χ0v) is 14.7. The number of rotatable bonds is 11. The molecule has 0 spiro atoms. The first kappa shape index (κ1) is 20.1. The molecule has 2 N–H and O–H groups in total. The molecule has 0 atom stereocenters. The minimum Gasteiger partial charge on any atom is -0.636 e. The third-order valence-electron chi connectivity index (χ3n) is 4.23. The minimum absolute atomic E-state index is 0.550. The summed E-state index contributed by atoms with van der Waals surface area (Å²) in [6.07, 6.45) is 13.8. The van der Waals surface area contributed by atoms with Crippen molar-refractivity contribution in [3.8, 4) is 0 Å². The molecule has 0 unspecified atom stereocenters. The molecule has 0 amide bonds. The lowest BCUT2D eigenvalue weighted by Crippen LogP contribution is -2.76. The van der Waals surface area contributed by atoms with Gasteiger partial charge in [0.1, 0.15) is 0 Å². The molecule has 21 heavy (non-hydrogen) atoms. The van der Waals surface area contributed by atoms with Crippen molar-refractivity contribution in [1.82, 2.24) is 0 Å². The van der Waals surface area contributed by atoms with Gasteiger partial charge in [0.2, 0.25) is 0 Å². The van der Waals surface area contributed by atoms with Crippen molar-refractivity contribution < 1.29 is 5.48 Å². The second kappa shape index (κ2) is 12.8. The van der Waals surface area contributed by atoms with E-state index in [0.29, 0.717) is 6.54 Å². The third-order valence-corrected chi connectivity index (χ3v) is 4.23. The van der Waals surface area contributed by atoms with Crippen molar-refractivity contribution in [2.75, 3.05) is 6.54 Å². The quantitative estimate of drug-likeness (QED) is 0.428.